The quantitative estimate of drug-likeness (QED) is 0.461. The van der Waals surface area contributed by atoms with E-state index in [9.17, 15) is 14.4 Å². The lowest BCUT2D eigenvalue weighted by Crippen LogP contribution is -2.36. The van der Waals surface area contributed by atoms with Gasteiger partial charge in [0, 0.05) is 18.0 Å². The lowest BCUT2D eigenvalue weighted by Gasteiger charge is -2.15. The Balaban J connectivity index is 1.91. The van der Waals surface area contributed by atoms with E-state index in [1.807, 2.05) is 30.3 Å². The summed E-state index contributed by atoms with van der Waals surface area (Å²) < 4.78 is 10.2. The van der Waals surface area contributed by atoms with Crippen LogP contribution in [0.3, 0.4) is 0 Å². The first-order valence-corrected chi connectivity index (χ1v) is 8.78. The molecule has 0 saturated carbocycles. The second-order valence-electron chi connectivity index (χ2n) is 6.23. The summed E-state index contributed by atoms with van der Waals surface area (Å²) in [5.41, 5.74) is 1.19. The number of carbonyl (C=O) groups excluding carboxylic acids is 3. The fraction of sp³-hybridized carbons (Fsp3) is 0.286. The number of imide groups is 1. The summed E-state index contributed by atoms with van der Waals surface area (Å²) in [5.74, 6) is -2.39. The minimum atomic E-state index is -1.02. The smallest absolute Gasteiger partial charge is 0.319 e. The van der Waals surface area contributed by atoms with Gasteiger partial charge in [0.15, 0.2) is 0 Å². The molecule has 6 nitrogen and oxygen atoms in total. The second-order valence-corrected chi connectivity index (χ2v) is 6.23. The van der Waals surface area contributed by atoms with E-state index in [0.29, 0.717) is 11.3 Å². The molecule has 0 aromatic heterocycles. The maximum Gasteiger partial charge on any atom is 0.319 e. The Hall–Kier alpha value is -3.15. The van der Waals surface area contributed by atoms with Crippen LogP contribution >= 0.6 is 0 Å². The topological polar surface area (TPSA) is 72.9 Å². The predicted molar refractivity (Wildman–Crippen MR) is 98.3 cm³/mol. The summed E-state index contributed by atoms with van der Waals surface area (Å²) in [5, 5.41) is 0. The fourth-order valence-corrected chi connectivity index (χ4v) is 3.30. The molecule has 140 valence electrons. The summed E-state index contributed by atoms with van der Waals surface area (Å²) in [4.78, 5) is 39.4. The summed E-state index contributed by atoms with van der Waals surface area (Å²) in [6.45, 7) is 2.00. The van der Waals surface area contributed by atoms with Crippen molar-refractivity contribution in [2.45, 2.75) is 12.8 Å². The minimum absolute atomic E-state index is 0.136. The van der Waals surface area contributed by atoms with Crippen LogP contribution in [0.4, 0.5) is 0 Å². The first-order chi connectivity index (χ1) is 13.1. The van der Waals surface area contributed by atoms with Gasteiger partial charge in [0.2, 0.25) is 5.91 Å². The molecular formula is C21H21NO5. The normalized spacial score (nSPS) is 19.0. The zero-order valence-electron chi connectivity index (χ0n) is 15.3. The highest BCUT2D eigenvalue weighted by atomic mass is 16.5. The van der Waals surface area contributed by atoms with Gasteiger partial charge in [-0.05, 0) is 36.8 Å². The Kier molecular flexibility index (Phi) is 5.54. The largest absolute Gasteiger partial charge is 0.497 e. The number of benzene rings is 2. The lowest BCUT2D eigenvalue weighted by molar-refractivity contribution is -0.152. The summed E-state index contributed by atoms with van der Waals surface area (Å²) in [6, 6.07) is 15.8. The summed E-state index contributed by atoms with van der Waals surface area (Å²) in [6.07, 6.45) is 0. The first-order valence-electron chi connectivity index (χ1n) is 8.78. The van der Waals surface area contributed by atoms with Crippen molar-refractivity contribution in [3.8, 4) is 5.75 Å². The van der Waals surface area contributed by atoms with Crippen molar-refractivity contribution in [1.29, 1.82) is 0 Å². The van der Waals surface area contributed by atoms with Crippen LogP contribution in [0.15, 0.2) is 54.6 Å². The van der Waals surface area contributed by atoms with Gasteiger partial charge in [-0.25, -0.2) is 0 Å². The third-order valence-corrected chi connectivity index (χ3v) is 4.66. The number of rotatable bonds is 5. The van der Waals surface area contributed by atoms with Crippen LogP contribution in [0.25, 0.3) is 0 Å². The van der Waals surface area contributed by atoms with Gasteiger partial charge in [0.1, 0.15) is 11.7 Å². The fourth-order valence-electron chi connectivity index (χ4n) is 3.30. The highest BCUT2D eigenvalue weighted by Crippen LogP contribution is 2.35. The highest BCUT2D eigenvalue weighted by Gasteiger charge is 2.48. The number of nitrogens with zero attached hydrogens (tertiary/aromatic N) is 1. The molecule has 3 rings (SSSR count). The Morgan fingerprint density at radius 3 is 2.33 bits per heavy atom. The Labute approximate surface area is 157 Å². The third-order valence-electron chi connectivity index (χ3n) is 4.66. The van der Waals surface area contributed by atoms with E-state index >= 15 is 0 Å². The molecule has 2 aromatic carbocycles. The molecule has 6 heteroatoms. The van der Waals surface area contributed by atoms with E-state index in [0.717, 1.165) is 10.5 Å². The minimum Gasteiger partial charge on any atom is -0.497 e. The molecule has 0 N–H and O–H groups in total. The van der Waals surface area contributed by atoms with E-state index in [-0.39, 0.29) is 13.2 Å². The number of carbonyl (C=O) groups is 3. The zero-order valence-corrected chi connectivity index (χ0v) is 15.3. The van der Waals surface area contributed by atoms with E-state index < -0.39 is 29.6 Å². The average molecular weight is 367 g/mol. The zero-order chi connectivity index (χ0) is 19.4. The molecule has 1 fully saturated rings. The molecule has 2 amide bonds. The van der Waals surface area contributed by atoms with Crippen LogP contribution in [0.5, 0.6) is 5.75 Å². The number of hydrogen-bond acceptors (Lipinski definition) is 5. The molecule has 0 radical (unpaired) electrons. The molecular weight excluding hydrogens is 346 g/mol. The number of likely N-dealkylation sites (tertiary alicyclic amines) is 1. The third kappa shape index (κ3) is 3.69. The van der Waals surface area contributed by atoms with Gasteiger partial charge in [-0.1, -0.05) is 30.3 Å². The van der Waals surface area contributed by atoms with Crippen molar-refractivity contribution < 1.29 is 23.9 Å². The molecule has 1 aliphatic rings. The number of esters is 1. The van der Waals surface area contributed by atoms with Crippen molar-refractivity contribution in [2.75, 3.05) is 20.3 Å². The van der Waals surface area contributed by atoms with E-state index in [1.165, 1.54) is 7.11 Å². The number of ether oxygens (including phenoxy) is 2. The molecule has 0 spiro atoms. The standard InChI is InChI=1S/C21H21NO5/c1-3-27-21(25)18-17(14-7-5-4-6-8-14)13-22(20(18)24)19(23)15-9-11-16(26-2)12-10-15/h4-12,17-18H,3,13H2,1-2H3/t17-,18+/m0/s1. The number of methoxy groups -OCH3 is 1. The summed E-state index contributed by atoms with van der Waals surface area (Å²) in [7, 11) is 1.54. The highest BCUT2D eigenvalue weighted by molar-refractivity contribution is 6.12. The van der Waals surface area contributed by atoms with Crippen LogP contribution in [-0.4, -0.2) is 42.9 Å². The molecule has 0 unspecified atom stereocenters. The molecule has 27 heavy (non-hydrogen) atoms. The van der Waals surface area contributed by atoms with Crippen LogP contribution in [0.1, 0.15) is 28.8 Å². The Morgan fingerprint density at radius 1 is 1.07 bits per heavy atom. The SMILES string of the molecule is CCOC(=O)[C@H]1C(=O)N(C(=O)c2ccc(OC)cc2)C[C@H]1c1ccccc1. The molecule has 0 aliphatic carbocycles. The lowest BCUT2D eigenvalue weighted by atomic mass is 9.89. The van der Waals surface area contributed by atoms with Crippen LogP contribution < -0.4 is 4.74 Å². The average Bonchev–Trinajstić information content (AvgIpc) is 3.05. The van der Waals surface area contributed by atoms with Crippen LogP contribution in [0.2, 0.25) is 0 Å². The van der Waals surface area contributed by atoms with Crippen molar-refractivity contribution in [3.63, 3.8) is 0 Å². The van der Waals surface area contributed by atoms with Crippen molar-refractivity contribution in [2.24, 2.45) is 5.92 Å². The van der Waals surface area contributed by atoms with Crippen LogP contribution in [0, 0.1) is 5.92 Å². The Bertz CT molecular complexity index is 831. The van der Waals surface area contributed by atoms with Gasteiger partial charge in [-0.2, -0.15) is 0 Å². The van der Waals surface area contributed by atoms with Gasteiger partial charge >= 0.3 is 5.97 Å². The van der Waals surface area contributed by atoms with Gasteiger partial charge < -0.3 is 9.47 Å². The maximum atomic E-state index is 12.9. The molecule has 2 aromatic rings. The predicted octanol–water partition coefficient (Wildman–Crippen LogP) is 2.64. The molecule has 0 bridgehead atoms. The molecule has 1 aliphatic heterocycles. The second kappa shape index (κ2) is 8.03. The molecule has 2 atom stereocenters. The van der Waals surface area contributed by atoms with E-state index in [2.05, 4.69) is 0 Å². The van der Waals surface area contributed by atoms with Gasteiger partial charge in [0.05, 0.1) is 13.7 Å². The van der Waals surface area contributed by atoms with Crippen LogP contribution in [-0.2, 0) is 14.3 Å². The van der Waals surface area contributed by atoms with E-state index in [1.54, 1.807) is 31.2 Å². The number of amides is 2. The Morgan fingerprint density at radius 2 is 1.74 bits per heavy atom. The maximum absolute atomic E-state index is 12.9. The van der Waals surface area contributed by atoms with E-state index in [4.69, 9.17) is 9.47 Å². The monoisotopic (exact) mass is 367 g/mol. The van der Waals surface area contributed by atoms with Crippen molar-refractivity contribution >= 4 is 17.8 Å². The summed E-state index contributed by atoms with van der Waals surface area (Å²) >= 11 is 0. The van der Waals surface area contributed by atoms with Gasteiger partial charge in [-0.15, -0.1) is 0 Å². The number of hydrogen-bond donors (Lipinski definition) is 0. The molecule has 1 heterocycles. The van der Waals surface area contributed by atoms with Gasteiger partial charge in [0.25, 0.3) is 5.91 Å². The first kappa shape index (κ1) is 18.6. The van der Waals surface area contributed by atoms with Crippen molar-refractivity contribution in [1.82, 2.24) is 4.90 Å². The molecule has 1 saturated heterocycles. The van der Waals surface area contributed by atoms with Gasteiger partial charge in [-0.3, -0.25) is 19.3 Å². The van der Waals surface area contributed by atoms with Crippen molar-refractivity contribution in [3.05, 3.63) is 65.7 Å².